The summed E-state index contributed by atoms with van der Waals surface area (Å²) in [7, 11) is 0. The summed E-state index contributed by atoms with van der Waals surface area (Å²) < 4.78 is 10.6. The molecule has 0 spiro atoms. The first kappa shape index (κ1) is 9.93. The van der Waals surface area contributed by atoms with Crippen LogP contribution in [-0.2, 0) is 14.3 Å². The lowest BCUT2D eigenvalue weighted by atomic mass is 9.93. The lowest BCUT2D eigenvalue weighted by molar-refractivity contribution is -0.155. The summed E-state index contributed by atoms with van der Waals surface area (Å²) in [4.78, 5) is 11.4. The predicted molar refractivity (Wildman–Crippen MR) is 50.9 cm³/mol. The van der Waals surface area contributed by atoms with Gasteiger partial charge in [0.05, 0.1) is 12.7 Å². The van der Waals surface area contributed by atoms with Crippen molar-refractivity contribution in [1.29, 1.82) is 0 Å². The smallest absolute Gasteiger partial charge is 0.335 e. The lowest BCUT2D eigenvalue weighted by Crippen LogP contribution is -2.38. The third-order valence-corrected chi connectivity index (χ3v) is 2.97. The first-order valence-corrected chi connectivity index (χ1v) is 5.34. The van der Waals surface area contributed by atoms with Gasteiger partial charge in [0.15, 0.2) is 6.10 Å². The summed E-state index contributed by atoms with van der Waals surface area (Å²) in [5.41, 5.74) is 0. The molecule has 1 unspecified atom stereocenters. The van der Waals surface area contributed by atoms with Gasteiger partial charge in [-0.3, -0.25) is 0 Å². The second-order valence-corrected chi connectivity index (χ2v) is 3.90. The third-order valence-electron chi connectivity index (χ3n) is 2.97. The summed E-state index contributed by atoms with van der Waals surface area (Å²) in [6.45, 7) is 4.17. The van der Waals surface area contributed by atoms with Gasteiger partial charge in [0.2, 0.25) is 0 Å². The fraction of sp³-hybridized carbons (Fsp3) is 0.900. The van der Waals surface area contributed by atoms with Crippen molar-refractivity contribution in [1.82, 2.24) is 5.32 Å². The van der Waals surface area contributed by atoms with E-state index in [-0.39, 0.29) is 18.2 Å². The molecule has 0 saturated carbocycles. The zero-order valence-corrected chi connectivity index (χ0v) is 8.49. The standard InChI is InChI=1S/C10H17NO3/c1-2-13-10(12)8-5-7-3-4-11-6-9(7)14-8/h7-9,11H,2-6H2,1H3/t7-,8?,9-/m1/s1. The van der Waals surface area contributed by atoms with Crippen molar-refractivity contribution in [3.05, 3.63) is 0 Å². The predicted octanol–water partition coefficient (Wildman–Crippen LogP) is 0.316. The van der Waals surface area contributed by atoms with E-state index >= 15 is 0 Å². The van der Waals surface area contributed by atoms with E-state index in [0.717, 1.165) is 25.9 Å². The van der Waals surface area contributed by atoms with Crippen LogP contribution in [0.25, 0.3) is 0 Å². The Labute approximate surface area is 84.0 Å². The lowest BCUT2D eigenvalue weighted by Gasteiger charge is -2.24. The van der Waals surface area contributed by atoms with Crippen molar-refractivity contribution in [2.24, 2.45) is 5.92 Å². The quantitative estimate of drug-likeness (QED) is 0.650. The normalized spacial score (nSPS) is 36.5. The molecule has 3 atom stereocenters. The van der Waals surface area contributed by atoms with E-state index in [1.807, 2.05) is 6.92 Å². The Morgan fingerprint density at radius 2 is 2.50 bits per heavy atom. The summed E-state index contributed by atoms with van der Waals surface area (Å²) >= 11 is 0. The van der Waals surface area contributed by atoms with Gasteiger partial charge in [0, 0.05) is 6.54 Å². The van der Waals surface area contributed by atoms with Crippen LogP contribution in [-0.4, -0.2) is 37.9 Å². The van der Waals surface area contributed by atoms with Gasteiger partial charge in [-0.05, 0) is 32.2 Å². The number of esters is 1. The molecule has 2 heterocycles. The molecular formula is C10H17NO3. The van der Waals surface area contributed by atoms with Crippen LogP contribution < -0.4 is 5.32 Å². The van der Waals surface area contributed by atoms with E-state index in [0.29, 0.717) is 12.5 Å². The number of nitrogens with one attached hydrogen (secondary N) is 1. The van der Waals surface area contributed by atoms with Gasteiger partial charge >= 0.3 is 5.97 Å². The monoisotopic (exact) mass is 199 g/mol. The maximum Gasteiger partial charge on any atom is 0.335 e. The molecule has 4 nitrogen and oxygen atoms in total. The molecule has 2 saturated heterocycles. The summed E-state index contributed by atoms with van der Waals surface area (Å²) in [6.07, 6.45) is 1.86. The van der Waals surface area contributed by atoms with E-state index in [2.05, 4.69) is 5.32 Å². The number of carbonyl (C=O) groups excluding carboxylic acids is 1. The zero-order valence-electron chi connectivity index (χ0n) is 8.49. The molecule has 0 bridgehead atoms. The van der Waals surface area contributed by atoms with Crippen molar-refractivity contribution in [3.8, 4) is 0 Å². The van der Waals surface area contributed by atoms with E-state index < -0.39 is 0 Å². The average Bonchev–Trinajstić information content (AvgIpc) is 2.61. The topological polar surface area (TPSA) is 47.6 Å². The molecule has 2 aliphatic heterocycles. The number of carbonyl (C=O) groups is 1. The van der Waals surface area contributed by atoms with Gasteiger partial charge in [-0.2, -0.15) is 0 Å². The highest BCUT2D eigenvalue weighted by Gasteiger charge is 2.40. The summed E-state index contributed by atoms with van der Waals surface area (Å²) in [6, 6.07) is 0. The maximum atomic E-state index is 11.4. The summed E-state index contributed by atoms with van der Waals surface area (Å²) in [5.74, 6) is 0.354. The Kier molecular flexibility index (Phi) is 3.03. The minimum atomic E-state index is -0.315. The number of fused-ring (bicyclic) bond motifs is 1. The van der Waals surface area contributed by atoms with Crippen LogP contribution in [0.2, 0.25) is 0 Å². The van der Waals surface area contributed by atoms with Crippen molar-refractivity contribution in [2.45, 2.75) is 32.0 Å². The molecule has 2 fully saturated rings. The molecule has 14 heavy (non-hydrogen) atoms. The number of hydrogen-bond donors (Lipinski definition) is 1. The highest BCUT2D eigenvalue weighted by atomic mass is 16.6. The number of rotatable bonds is 2. The van der Waals surface area contributed by atoms with Crippen molar-refractivity contribution in [3.63, 3.8) is 0 Å². The fourth-order valence-electron chi connectivity index (χ4n) is 2.24. The molecule has 0 aromatic rings. The highest BCUT2D eigenvalue weighted by Crippen LogP contribution is 2.31. The summed E-state index contributed by atoms with van der Waals surface area (Å²) in [5, 5.41) is 3.27. The molecule has 0 amide bonds. The van der Waals surface area contributed by atoms with Gasteiger partial charge in [-0.1, -0.05) is 0 Å². The minimum Gasteiger partial charge on any atom is -0.464 e. The van der Waals surface area contributed by atoms with Crippen LogP contribution in [0.1, 0.15) is 19.8 Å². The van der Waals surface area contributed by atoms with Gasteiger partial charge < -0.3 is 14.8 Å². The van der Waals surface area contributed by atoms with Gasteiger partial charge in [-0.25, -0.2) is 4.79 Å². The molecule has 80 valence electrons. The van der Waals surface area contributed by atoms with Crippen molar-refractivity contribution >= 4 is 5.97 Å². The van der Waals surface area contributed by atoms with Crippen molar-refractivity contribution in [2.75, 3.05) is 19.7 Å². The van der Waals surface area contributed by atoms with Crippen LogP contribution in [0, 0.1) is 5.92 Å². The van der Waals surface area contributed by atoms with Gasteiger partial charge in [0.25, 0.3) is 0 Å². The largest absolute Gasteiger partial charge is 0.464 e. The highest BCUT2D eigenvalue weighted by molar-refractivity contribution is 5.75. The zero-order chi connectivity index (χ0) is 9.97. The Hall–Kier alpha value is -0.610. The van der Waals surface area contributed by atoms with Crippen LogP contribution in [0.5, 0.6) is 0 Å². The Balaban J connectivity index is 1.89. The average molecular weight is 199 g/mol. The molecule has 0 aromatic heterocycles. The molecule has 2 rings (SSSR count). The van der Waals surface area contributed by atoms with Crippen LogP contribution >= 0.6 is 0 Å². The maximum absolute atomic E-state index is 11.4. The van der Waals surface area contributed by atoms with Crippen LogP contribution in [0.4, 0.5) is 0 Å². The second-order valence-electron chi connectivity index (χ2n) is 3.90. The van der Waals surface area contributed by atoms with Gasteiger partial charge in [-0.15, -0.1) is 0 Å². The SMILES string of the molecule is CCOC(=O)C1C[C@H]2CCNC[C@H]2O1. The van der Waals surface area contributed by atoms with Crippen LogP contribution in [0.15, 0.2) is 0 Å². The molecule has 0 aromatic carbocycles. The minimum absolute atomic E-state index is 0.193. The Morgan fingerprint density at radius 1 is 1.64 bits per heavy atom. The second kappa shape index (κ2) is 4.28. The number of hydrogen-bond acceptors (Lipinski definition) is 4. The van der Waals surface area contributed by atoms with E-state index in [4.69, 9.17) is 9.47 Å². The van der Waals surface area contributed by atoms with E-state index in [9.17, 15) is 4.79 Å². The number of ether oxygens (including phenoxy) is 2. The van der Waals surface area contributed by atoms with Gasteiger partial charge in [0.1, 0.15) is 0 Å². The van der Waals surface area contributed by atoms with Crippen LogP contribution in [0.3, 0.4) is 0 Å². The van der Waals surface area contributed by atoms with E-state index in [1.54, 1.807) is 0 Å². The third kappa shape index (κ3) is 1.91. The fourth-order valence-corrected chi connectivity index (χ4v) is 2.24. The molecule has 0 aliphatic carbocycles. The Morgan fingerprint density at radius 3 is 3.21 bits per heavy atom. The molecule has 1 N–H and O–H groups in total. The number of piperidine rings is 1. The molecule has 2 aliphatic rings. The first-order valence-electron chi connectivity index (χ1n) is 5.34. The Bertz CT molecular complexity index is 205. The molecule has 0 radical (unpaired) electrons. The molecule has 4 heteroatoms. The van der Waals surface area contributed by atoms with E-state index in [1.165, 1.54) is 0 Å². The molecular weight excluding hydrogens is 182 g/mol. The van der Waals surface area contributed by atoms with Crippen molar-refractivity contribution < 1.29 is 14.3 Å². The first-order chi connectivity index (χ1) is 6.81.